The molecule has 3 rings (SSSR count). The third-order valence-corrected chi connectivity index (χ3v) is 6.04. The first-order valence-electron chi connectivity index (χ1n) is 11.5. The molecule has 1 aromatic carbocycles. The Morgan fingerprint density at radius 2 is 1.84 bits per heavy atom. The number of halogens is 3. The van der Waals surface area contributed by atoms with Crippen molar-refractivity contribution in [3.05, 3.63) is 23.8 Å². The highest BCUT2D eigenvalue weighted by Crippen LogP contribution is 2.29. The van der Waals surface area contributed by atoms with Gasteiger partial charge in [0.1, 0.15) is 0 Å². The van der Waals surface area contributed by atoms with Gasteiger partial charge in [0.25, 0.3) is 6.10 Å². The van der Waals surface area contributed by atoms with Gasteiger partial charge in [-0.3, -0.25) is 19.3 Å². The summed E-state index contributed by atoms with van der Waals surface area (Å²) in [4.78, 5) is 63.6. The molecule has 2 aliphatic rings. The summed E-state index contributed by atoms with van der Waals surface area (Å²) in [7, 11) is 0. The number of phenolic OH excluding ortho intramolecular Hbond substituents is 1. The number of amides is 1. The second-order valence-electron chi connectivity index (χ2n) is 8.69. The summed E-state index contributed by atoms with van der Waals surface area (Å²) >= 11 is 0. The van der Waals surface area contributed by atoms with Crippen LogP contribution in [0.1, 0.15) is 30.1 Å². The number of nitrogens with zero attached hydrogens (tertiary/aromatic N) is 2. The molecule has 202 valence electrons. The number of hydrogen-bond acceptors (Lipinski definition) is 10. The van der Waals surface area contributed by atoms with E-state index in [1.54, 1.807) is 0 Å². The minimum atomic E-state index is -5.48. The number of carbonyl (C=O) groups excluding carboxylic acids is 5. The number of Topliss-reactive ketones (excluding diaryl/α,β-unsaturated/α-hetero) is 2. The van der Waals surface area contributed by atoms with Gasteiger partial charge in [0.2, 0.25) is 5.91 Å². The van der Waals surface area contributed by atoms with Crippen molar-refractivity contribution in [2.75, 3.05) is 39.3 Å². The maximum absolute atomic E-state index is 12.8. The number of esters is 2. The largest absolute Gasteiger partial charge is 0.504 e. The Morgan fingerprint density at radius 3 is 2.43 bits per heavy atom. The first-order valence-corrected chi connectivity index (χ1v) is 11.5. The predicted molar refractivity (Wildman–Crippen MR) is 119 cm³/mol. The van der Waals surface area contributed by atoms with Crippen LogP contribution in [0.5, 0.6) is 11.5 Å². The zero-order valence-electron chi connectivity index (χ0n) is 19.9. The third kappa shape index (κ3) is 7.26. The Bertz CT molecular complexity index is 1070. The Hall–Kier alpha value is -3.52. The van der Waals surface area contributed by atoms with Crippen LogP contribution in [0.15, 0.2) is 18.2 Å². The number of piperazine rings is 1. The lowest BCUT2D eigenvalue weighted by Crippen LogP contribution is -2.56. The molecule has 0 aliphatic carbocycles. The molecule has 2 N–H and O–H groups in total. The fraction of sp³-hybridized carbons (Fsp3) is 0.522. The van der Waals surface area contributed by atoms with Gasteiger partial charge in [-0.25, -0.2) is 9.59 Å². The molecule has 1 atom stereocenters. The van der Waals surface area contributed by atoms with Gasteiger partial charge in [-0.2, -0.15) is 13.2 Å². The monoisotopic (exact) mass is 529 g/mol. The van der Waals surface area contributed by atoms with Gasteiger partial charge in [-0.1, -0.05) is 0 Å². The number of benzene rings is 1. The average molecular weight is 529 g/mol. The molecule has 2 aliphatic heterocycles. The fourth-order valence-electron chi connectivity index (χ4n) is 4.05. The van der Waals surface area contributed by atoms with E-state index in [0.717, 1.165) is 45.0 Å². The van der Waals surface area contributed by atoms with Crippen molar-refractivity contribution in [3.63, 3.8) is 0 Å². The molecule has 0 saturated carbocycles. The van der Waals surface area contributed by atoms with Crippen LogP contribution in [0.2, 0.25) is 0 Å². The molecule has 2 fully saturated rings. The zero-order valence-corrected chi connectivity index (χ0v) is 19.9. The SMILES string of the molecule is CC(=O)C(Oc1cc(C(=O)CN2CCN(C3CCNCC3)CC2=O)ccc1O)C(=O)OC(=O)C(F)(F)F. The molecule has 37 heavy (non-hydrogen) atoms. The number of aromatic hydroxyl groups is 1. The molecule has 1 aromatic rings. The van der Waals surface area contributed by atoms with Crippen LogP contribution in [-0.4, -0.2) is 102 Å². The molecule has 11 nitrogen and oxygen atoms in total. The van der Waals surface area contributed by atoms with E-state index in [2.05, 4.69) is 15.0 Å². The van der Waals surface area contributed by atoms with Gasteiger partial charge in [-0.05, 0) is 51.1 Å². The minimum Gasteiger partial charge on any atom is -0.504 e. The molecule has 1 amide bonds. The van der Waals surface area contributed by atoms with E-state index in [-0.39, 0.29) is 24.6 Å². The Labute approximate surface area is 209 Å². The summed E-state index contributed by atoms with van der Waals surface area (Å²) < 4.78 is 45.8. The maximum atomic E-state index is 12.8. The number of rotatable bonds is 8. The normalized spacial score (nSPS) is 18.3. The molecule has 0 spiro atoms. The molecule has 2 saturated heterocycles. The van der Waals surface area contributed by atoms with Gasteiger partial charge in [0.15, 0.2) is 23.1 Å². The van der Waals surface area contributed by atoms with E-state index in [1.807, 2.05) is 0 Å². The van der Waals surface area contributed by atoms with Gasteiger partial charge < -0.3 is 24.8 Å². The number of ketones is 2. The Balaban J connectivity index is 1.65. The molecular weight excluding hydrogens is 503 g/mol. The van der Waals surface area contributed by atoms with E-state index >= 15 is 0 Å². The average Bonchev–Trinajstić information content (AvgIpc) is 2.84. The van der Waals surface area contributed by atoms with Crippen LogP contribution in [0, 0.1) is 0 Å². The summed E-state index contributed by atoms with van der Waals surface area (Å²) in [5.41, 5.74) is -0.0524. The van der Waals surface area contributed by atoms with Crippen molar-refractivity contribution < 1.29 is 51.7 Å². The van der Waals surface area contributed by atoms with E-state index in [4.69, 9.17) is 4.74 Å². The molecule has 0 radical (unpaired) electrons. The van der Waals surface area contributed by atoms with Crippen LogP contribution >= 0.6 is 0 Å². The van der Waals surface area contributed by atoms with Crippen molar-refractivity contribution >= 4 is 29.4 Å². The molecule has 1 unspecified atom stereocenters. The van der Waals surface area contributed by atoms with Crippen molar-refractivity contribution in [1.29, 1.82) is 0 Å². The van der Waals surface area contributed by atoms with Crippen molar-refractivity contribution in [1.82, 2.24) is 15.1 Å². The summed E-state index contributed by atoms with van der Waals surface area (Å²) in [6.07, 6.45) is -5.93. The third-order valence-electron chi connectivity index (χ3n) is 6.04. The number of piperidine rings is 1. The molecule has 0 aromatic heterocycles. The van der Waals surface area contributed by atoms with Crippen LogP contribution in [-0.2, 0) is 23.9 Å². The van der Waals surface area contributed by atoms with Gasteiger partial charge in [0, 0.05) is 24.7 Å². The van der Waals surface area contributed by atoms with Crippen LogP contribution in [0.3, 0.4) is 0 Å². The van der Waals surface area contributed by atoms with E-state index in [9.17, 15) is 42.3 Å². The highest BCUT2D eigenvalue weighted by molar-refractivity contribution is 6.05. The Morgan fingerprint density at radius 1 is 1.16 bits per heavy atom. The van der Waals surface area contributed by atoms with Crippen LogP contribution < -0.4 is 10.1 Å². The molecule has 14 heteroatoms. The maximum Gasteiger partial charge on any atom is 0.491 e. The van der Waals surface area contributed by atoms with E-state index < -0.39 is 47.3 Å². The van der Waals surface area contributed by atoms with Crippen molar-refractivity contribution in [2.24, 2.45) is 0 Å². The first kappa shape index (κ1) is 28.1. The topological polar surface area (TPSA) is 143 Å². The smallest absolute Gasteiger partial charge is 0.491 e. The number of alkyl halides is 3. The zero-order chi connectivity index (χ0) is 27.3. The number of carbonyl (C=O) groups is 5. The summed E-state index contributed by atoms with van der Waals surface area (Å²) in [5, 5.41) is 13.3. The van der Waals surface area contributed by atoms with E-state index in [0.29, 0.717) is 19.1 Å². The molecule has 2 heterocycles. The van der Waals surface area contributed by atoms with Gasteiger partial charge in [-0.15, -0.1) is 0 Å². The van der Waals surface area contributed by atoms with Gasteiger partial charge >= 0.3 is 18.1 Å². The predicted octanol–water partition coefficient (Wildman–Crippen LogP) is 0.440. The Kier molecular flexibility index (Phi) is 8.86. The number of hydrogen-bond donors (Lipinski definition) is 2. The highest BCUT2D eigenvalue weighted by Gasteiger charge is 2.44. The quantitative estimate of drug-likeness (QED) is 0.277. The second kappa shape index (κ2) is 11.7. The van der Waals surface area contributed by atoms with Crippen molar-refractivity contribution in [3.8, 4) is 11.5 Å². The first-order chi connectivity index (χ1) is 17.4. The molecule has 0 bridgehead atoms. The lowest BCUT2D eigenvalue weighted by molar-refractivity contribution is -0.203. The summed E-state index contributed by atoms with van der Waals surface area (Å²) in [5.74, 6) is -7.87. The lowest BCUT2D eigenvalue weighted by Gasteiger charge is -2.40. The number of ether oxygens (including phenoxy) is 2. The minimum absolute atomic E-state index is 0.0524. The van der Waals surface area contributed by atoms with Gasteiger partial charge in [0.05, 0.1) is 13.1 Å². The fourth-order valence-corrected chi connectivity index (χ4v) is 4.05. The van der Waals surface area contributed by atoms with Crippen LogP contribution in [0.25, 0.3) is 0 Å². The number of phenols is 1. The van der Waals surface area contributed by atoms with E-state index in [1.165, 1.54) is 11.0 Å². The van der Waals surface area contributed by atoms with Crippen LogP contribution in [0.4, 0.5) is 13.2 Å². The summed E-state index contributed by atoms with van der Waals surface area (Å²) in [6, 6.07) is 3.51. The summed E-state index contributed by atoms with van der Waals surface area (Å²) in [6.45, 7) is 3.40. The standard InChI is InChI=1S/C23H26F3N3O8/c1-13(30)20(21(34)37-22(35)23(24,25)26)36-18-10-14(2-3-16(18)31)17(32)11-29-9-8-28(12-19(29)33)15-4-6-27-7-5-15/h2-3,10,15,20,27,31H,4-9,11-12H2,1H3. The second-order valence-corrected chi connectivity index (χ2v) is 8.69. The van der Waals surface area contributed by atoms with Crippen molar-refractivity contribution in [2.45, 2.75) is 38.1 Å². The lowest BCUT2D eigenvalue weighted by atomic mass is 10.0. The highest BCUT2D eigenvalue weighted by atomic mass is 19.4. The number of nitrogens with one attached hydrogen (secondary N) is 1. The molecular formula is C23H26F3N3O8.